The van der Waals surface area contributed by atoms with Crippen LogP contribution in [0.2, 0.25) is 0 Å². The van der Waals surface area contributed by atoms with Crippen molar-refractivity contribution in [1.29, 1.82) is 0 Å². The van der Waals surface area contributed by atoms with E-state index < -0.39 is 12.1 Å². The Kier molecular flexibility index (Phi) is 15.1. The van der Waals surface area contributed by atoms with Crippen molar-refractivity contribution in [2.45, 2.75) is 62.7 Å². The van der Waals surface area contributed by atoms with Gasteiger partial charge in [0, 0.05) is 51.4 Å². The number of hydrogen-bond acceptors (Lipinski definition) is 10. The zero-order valence-electron chi connectivity index (χ0n) is 38.1. The van der Waals surface area contributed by atoms with E-state index >= 15 is 0 Å². The molecule has 2 fully saturated rings. The molecule has 6 aromatic rings. The average molecular weight is 923 g/mol. The maximum atomic E-state index is 14.2. The minimum absolute atomic E-state index is 0.107. The summed E-state index contributed by atoms with van der Waals surface area (Å²) in [7, 11) is 7.71. The fraction of sp³-hybridized carbons (Fsp3) is 0.346. The Morgan fingerprint density at radius 1 is 0.561 bits per heavy atom. The van der Waals surface area contributed by atoms with Gasteiger partial charge in [0.2, 0.25) is 23.6 Å². The van der Waals surface area contributed by atoms with E-state index in [0.717, 1.165) is 78.8 Å². The molecule has 0 aliphatic carbocycles. The maximum absolute atomic E-state index is 14.2. The van der Waals surface area contributed by atoms with Gasteiger partial charge in [0.15, 0.2) is 0 Å². The molecule has 12 nitrogen and oxygen atoms in total. The summed E-state index contributed by atoms with van der Waals surface area (Å²) in [6.07, 6.45) is 7.80. The number of likely N-dealkylation sites (tertiary alicyclic amines) is 2. The molecule has 0 spiro atoms. The van der Waals surface area contributed by atoms with Crippen LogP contribution in [0.3, 0.4) is 0 Å². The van der Waals surface area contributed by atoms with Gasteiger partial charge < -0.3 is 30.2 Å². The summed E-state index contributed by atoms with van der Waals surface area (Å²) in [6, 6.07) is 34.1. The molecule has 66 heavy (non-hydrogen) atoms. The van der Waals surface area contributed by atoms with Gasteiger partial charge in [-0.3, -0.25) is 19.2 Å². The van der Waals surface area contributed by atoms with Crippen LogP contribution in [0.15, 0.2) is 122 Å². The van der Waals surface area contributed by atoms with E-state index in [-0.39, 0.29) is 35.7 Å². The number of aromatic nitrogens is 2. The number of hydrogen-bond donors (Lipinski definition) is 2. The number of nitrogens with one attached hydrogen (secondary N) is 2. The lowest BCUT2D eigenvalue weighted by atomic mass is 10.0. The molecule has 0 saturated carbocycles. The minimum Gasteiger partial charge on any atom is -0.340 e. The zero-order valence-corrected chi connectivity index (χ0v) is 39.7. The van der Waals surface area contributed by atoms with E-state index in [2.05, 4.69) is 59.2 Å². The number of nitrogens with zero attached hydrogens (tertiary/aromatic N) is 6. The Morgan fingerprint density at radius 3 is 1.29 bits per heavy atom. The van der Waals surface area contributed by atoms with Crippen LogP contribution in [0.25, 0.3) is 32.0 Å². The highest BCUT2D eigenvalue weighted by molar-refractivity contribution is 7.15. The second kappa shape index (κ2) is 21.5. The summed E-state index contributed by atoms with van der Waals surface area (Å²) < 4.78 is 0. The highest BCUT2D eigenvalue weighted by Gasteiger charge is 2.38. The number of amides is 4. The standard InChI is InChI=1S/C52H58N8O4S2/c1-57(2)31-27-45(61)55-47(39-13-7-5-8-14-39)51(63)59-29-11-17-41(59)49-53-33-43(65-49)37-23-19-35(20-24-37)36-21-25-38(26-22-36)44-34-54-50(66-44)42-18-12-30-60(42)52(64)48(40-15-9-6-10-16-40)56-46(62)28-32-58(3)4/h5-10,13-16,19-26,33-34,41-42,47-48H,11-12,17-18,27-32H2,1-4H3,(H,55,61)(H,56,62)/t41-,42-,47+,48+/m0/s1. The molecule has 4 amide bonds. The van der Waals surface area contributed by atoms with Gasteiger partial charge >= 0.3 is 0 Å². The second-order valence-electron chi connectivity index (χ2n) is 17.6. The first-order chi connectivity index (χ1) is 32.0. The molecule has 8 rings (SSSR count). The highest BCUT2D eigenvalue weighted by atomic mass is 32.1. The van der Waals surface area contributed by atoms with E-state index in [9.17, 15) is 19.2 Å². The molecule has 2 aliphatic rings. The first kappa shape index (κ1) is 46.5. The molecule has 4 aromatic carbocycles. The molecule has 342 valence electrons. The van der Waals surface area contributed by atoms with Gasteiger partial charge in [-0.2, -0.15) is 0 Å². The van der Waals surface area contributed by atoms with E-state index in [1.165, 1.54) is 0 Å². The SMILES string of the molecule is CN(C)CCC(=O)N[C@@H](C(=O)N1CCC[C@H]1c1ncc(-c2ccc(-c3ccc(-c4cnc([C@@H]5CCCN5C(=O)[C@H](NC(=O)CCN(C)C)c5ccccc5)s4)cc3)cc2)s1)c1ccccc1. The molecule has 0 unspecified atom stereocenters. The molecule has 2 saturated heterocycles. The molecular formula is C52H58N8O4S2. The van der Waals surface area contributed by atoms with Gasteiger partial charge in [-0.1, -0.05) is 109 Å². The Balaban J connectivity index is 0.914. The number of benzene rings is 4. The molecule has 0 radical (unpaired) electrons. The fourth-order valence-corrected chi connectivity index (χ4v) is 10.8. The molecular weight excluding hydrogens is 865 g/mol. The van der Waals surface area contributed by atoms with Crippen LogP contribution >= 0.6 is 22.7 Å². The smallest absolute Gasteiger partial charge is 0.250 e. The van der Waals surface area contributed by atoms with Crippen LogP contribution in [0.4, 0.5) is 0 Å². The Labute approximate surface area is 395 Å². The first-order valence-corrected chi connectivity index (χ1v) is 24.4. The topological polar surface area (TPSA) is 131 Å². The van der Waals surface area contributed by atoms with E-state index in [1.54, 1.807) is 22.7 Å². The molecule has 2 N–H and O–H groups in total. The summed E-state index contributed by atoms with van der Waals surface area (Å²) in [5.41, 5.74) is 5.84. The van der Waals surface area contributed by atoms with Crippen molar-refractivity contribution in [3.8, 4) is 32.0 Å². The Bertz CT molecular complexity index is 2400. The van der Waals surface area contributed by atoms with E-state index in [1.807, 2.05) is 121 Å². The van der Waals surface area contributed by atoms with Gasteiger partial charge in [-0.15, -0.1) is 22.7 Å². The molecule has 14 heteroatoms. The van der Waals surface area contributed by atoms with E-state index in [0.29, 0.717) is 39.0 Å². The average Bonchev–Trinajstić information content (AvgIpc) is 4.19. The summed E-state index contributed by atoms with van der Waals surface area (Å²) >= 11 is 3.23. The minimum atomic E-state index is -0.763. The van der Waals surface area contributed by atoms with Gasteiger partial charge in [-0.25, -0.2) is 9.97 Å². The third-order valence-electron chi connectivity index (χ3n) is 12.3. The third-order valence-corrected chi connectivity index (χ3v) is 14.6. The first-order valence-electron chi connectivity index (χ1n) is 22.7. The number of thiazole rings is 2. The van der Waals surface area contributed by atoms with Gasteiger partial charge in [0.1, 0.15) is 22.1 Å². The van der Waals surface area contributed by atoms with Crippen LogP contribution in [0, 0.1) is 0 Å². The van der Waals surface area contributed by atoms with Crippen molar-refractivity contribution in [3.63, 3.8) is 0 Å². The largest absolute Gasteiger partial charge is 0.340 e. The fourth-order valence-electron chi connectivity index (χ4n) is 8.69. The lowest BCUT2D eigenvalue weighted by molar-refractivity contribution is -0.137. The van der Waals surface area contributed by atoms with Crippen LogP contribution in [0.1, 0.15) is 83.8 Å². The lowest BCUT2D eigenvalue weighted by Gasteiger charge is -2.29. The molecule has 0 bridgehead atoms. The second-order valence-corrected chi connectivity index (χ2v) is 19.7. The Morgan fingerprint density at radius 2 is 0.924 bits per heavy atom. The van der Waals surface area contributed by atoms with Crippen molar-refractivity contribution >= 4 is 46.3 Å². The summed E-state index contributed by atoms with van der Waals surface area (Å²) in [5.74, 6) is -0.516. The summed E-state index contributed by atoms with van der Waals surface area (Å²) in [5, 5.41) is 7.86. The van der Waals surface area contributed by atoms with E-state index in [4.69, 9.17) is 9.97 Å². The maximum Gasteiger partial charge on any atom is 0.250 e. The number of rotatable bonds is 17. The van der Waals surface area contributed by atoms with Gasteiger partial charge in [0.25, 0.3) is 0 Å². The van der Waals surface area contributed by atoms with Gasteiger partial charge in [0.05, 0.1) is 21.8 Å². The normalized spacial score (nSPS) is 17.0. The van der Waals surface area contributed by atoms with Crippen molar-refractivity contribution in [3.05, 3.63) is 143 Å². The third kappa shape index (κ3) is 11.1. The molecule has 2 aromatic heterocycles. The van der Waals surface area contributed by atoms with Crippen molar-refractivity contribution in [1.82, 2.24) is 40.2 Å². The predicted molar refractivity (Wildman–Crippen MR) is 262 cm³/mol. The summed E-state index contributed by atoms with van der Waals surface area (Å²) in [6.45, 7) is 2.43. The Hall–Kier alpha value is -6.06. The molecule has 4 atom stereocenters. The van der Waals surface area contributed by atoms with Crippen LogP contribution in [-0.4, -0.2) is 108 Å². The summed E-state index contributed by atoms with van der Waals surface area (Å²) in [4.78, 5) is 73.8. The lowest BCUT2D eigenvalue weighted by Crippen LogP contribution is -2.43. The van der Waals surface area contributed by atoms with Crippen molar-refractivity contribution in [2.24, 2.45) is 0 Å². The number of carbonyl (C=O) groups excluding carboxylic acids is 4. The van der Waals surface area contributed by atoms with Crippen molar-refractivity contribution in [2.75, 3.05) is 54.4 Å². The quantitative estimate of drug-likeness (QED) is 0.0932. The monoisotopic (exact) mass is 922 g/mol. The van der Waals surface area contributed by atoms with Crippen LogP contribution in [-0.2, 0) is 19.2 Å². The van der Waals surface area contributed by atoms with Crippen molar-refractivity contribution < 1.29 is 19.2 Å². The predicted octanol–water partition coefficient (Wildman–Crippen LogP) is 8.55. The van der Waals surface area contributed by atoms with Crippen LogP contribution < -0.4 is 10.6 Å². The highest BCUT2D eigenvalue weighted by Crippen LogP contribution is 2.41. The van der Waals surface area contributed by atoms with Gasteiger partial charge in [-0.05, 0) is 87.3 Å². The molecule has 4 heterocycles. The zero-order chi connectivity index (χ0) is 46.2. The molecule has 2 aliphatic heterocycles. The number of carbonyl (C=O) groups is 4. The van der Waals surface area contributed by atoms with Crippen LogP contribution in [0.5, 0.6) is 0 Å².